The molecule has 1 aromatic carbocycles. The van der Waals surface area contributed by atoms with Crippen molar-refractivity contribution in [3.63, 3.8) is 0 Å². The van der Waals surface area contributed by atoms with E-state index in [4.69, 9.17) is 0 Å². The third kappa shape index (κ3) is 5.10. The van der Waals surface area contributed by atoms with Gasteiger partial charge in [0.1, 0.15) is 5.82 Å². The molecule has 164 valence electrons. The number of rotatable bonds is 7. The molecule has 32 heavy (non-hydrogen) atoms. The van der Waals surface area contributed by atoms with Crippen LogP contribution >= 0.6 is 22.7 Å². The number of hydrogen-bond donors (Lipinski definition) is 3. The number of nitrogens with zero attached hydrogens (tertiary/aromatic N) is 3. The van der Waals surface area contributed by atoms with E-state index in [0.717, 1.165) is 16.3 Å². The van der Waals surface area contributed by atoms with Gasteiger partial charge in [0, 0.05) is 24.2 Å². The van der Waals surface area contributed by atoms with E-state index in [1.165, 1.54) is 47.9 Å². The Balaban J connectivity index is 1.46. The summed E-state index contributed by atoms with van der Waals surface area (Å²) >= 11 is 2.77. The third-order valence-electron chi connectivity index (χ3n) is 4.14. The maximum absolute atomic E-state index is 12.5. The van der Waals surface area contributed by atoms with E-state index in [0.29, 0.717) is 16.0 Å². The molecule has 12 heteroatoms. The summed E-state index contributed by atoms with van der Waals surface area (Å²) in [5, 5.41) is 8.94. The number of benzene rings is 1. The number of nitrogens with one attached hydrogen (secondary N) is 3. The summed E-state index contributed by atoms with van der Waals surface area (Å²) in [5.41, 5.74) is 2.23. The van der Waals surface area contributed by atoms with Crippen LogP contribution < -0.4 is 15.4 Å². The van der Waals surface area contributed by atoms with Crippen LogP contribution in [0.15, 0.2) is 58.9 Å². The number of amides is 1. The lowest BCUT2D eigenvalue weighted by Gasteiger charge is -2.08. The van der Waals surface area contributed by atoms with Gasteiger partial charge in [-0.1, -0.05) is 17.4 Å². The summed E-state index contributed by atoms with van der Waals surface area (Å²) in [7, 11) is -3.73. The van der Waals surface area contributed by atoms with Gasteiger partial charge in [-0.2, -0.15) is 0 Å². The highest BCUT2D eigenvalue weighted by Crippen LogP contribution is 2.35. The van der Waals surface area contributed by atoms with E-state index in [-0.39, 0.29) is 16.6 Å². The van der Waals surface area contributed by atoms with Crippen molar-refractivity contribution in [3.8, 4) is 10.6 Å². The maximum atomic E-state index is 12.5. The van der Waals surface area contributed by atoms with Crippen molar-refractivity contribution in [2.24, 2.45) is 0 Å². The molecule has 0 aliphatic carbocycles. The summed E-state index contributed by atoms with van der Waals surface area (Å²) in [6.07, 6.45) is 1.52. The number of carbonyl (C=O) groups excluding carboxylic acids is 1. The molecule has 0 saturated heterocycles. The number of pyridine rings is 1. The zero-order chi connectivity index (χ0) is 22.7. The number of aryl methyl sites for hydroxylation is 1. The predicted molar refractivity (Wildman–Crippen MR) is 127 cm³/mol. The Kier molecular flexibility index (Phi) is 6.17. The van der Waals surface area contributed by atoms with Crippen molar-refractivity contribution in [1.82, 2.24) is 15.0 Å². The largest absolute Gasteiger partial charge is 0.332 e. The van der Waals surface area contributed by atoms with Gasteiger partial charge in [-0.3, -0.25) is 9.52 Å². The van der Waals surface area contributed by atoms with Gasteiger partial charge in [-0.15, -0.1) is 11.3 Å². The van der Waals surface area contributed by atoms with E-state index in [2.05, 4.69) is 30.3 Å². The number of anilines is 4. The van der Waals surface area contributed by atoms with Crippen molar-refractivity contribution >= 4 is 60.4 Å². The fraction of sp³-hybridized carbons (Fsp3) is 0.100. The Bertz CT molecular complexity index is 1350. The Morgan fingerprint density at radius 2 is 1.81 bits per heavy atom. The first-order valence-corrected chi connectivity index (χ1v) is 12.5. The molecule has 4 aromatic rings. The van der Waals surface area contributed by atoms with Crippen LogP contribution in [0.4, 0.5) is 21.8 Å². The average Bonchev–Trinajstić information content (AvgIpc) is 3.34. The van der Waals surface area contributed by atoms with Gasteiger partial charge < -0.3 is 10.6 Å². The molecule has 0 aliphatic heterocycles. The molecule has 1 amide bonds. The molecule has 0 unspecified atom stereocenters. The van der Waals surface area contributed by atoms with Gasteiger partial charge >= 0.3 is 0 Å². The summed E-state index contributed by atoms with van der Waals surface area (Å²) in [5.74, 6) is 0.0802. The number of carbonyl (C=O) groups is 1. The van der Waals surface area contributed by atoms with Crippen LogP contribution in [0, 0.1) is 6.92 Å². The molecule has 0 atom stereocenters. The van der Waals surface area contributed by atoms with Crippen LogP contribution in [0.1, 0.15) is 12.6 Å². The fourth-order valence-electron chi connectivity index (χ4n) is 2.73. The standard InChI is InChI=1S/C20H18N6O3S3/c1-12-18(31-20(22-12)23-13(2)27)16-11-30-19(25-16)24-14-6-8-15(9-7-14)32(28,29)26-17-5-3-4-10-21-17/h3-11H,1-2H3,(H,21,26)(H,24,25)(H,22,23,27). The molecular weight excluding hydrogens is 468 g/mol. The normalized spacial score (nSPS) is 11.2. The van der Waals surface area contributed by atoms with E-state index in [1.807, 2.05) is 12.3 Å². The van der Waals surface area contributed by atoms with E-state index in [9.17, 15) is 13.2 Å². The van der Waals surface area contributed by atoms with Crippen molar-refractivity contribution in [1.29, 1.82) is 0 Å². The van der Waals surface area contributed by atoms with Gasteiger partial charge in [-0.25, -0.2) is 23.4 Å². The summed E-state index contributed by atoms with van der Waals surface area (Å²) in [4.78, 5) is 25.1. The number of thiazole rings is 2. The number of hydrogen-bond acceptors (Lipinski definition) is 9. The quantitative estimate of drug-likeness (QED) is 0.352. The molecule has 9 nitrogen and oxygen atoms in total. The highest BCUT2D eigenvalue weighted by molar-refractivity contribution is 7.92. The van der Waals surface area contributed by atoms with Crippen LogP contribution in [-0.2, 0) is 14.8 Å². The SMILES string of the molecule is CC(=O)Nc1nc(C)c(-c2csc(Nc3ccc(S(=O)(=O)Nc4ccccn4)cc3)n2)s1. The average molecular weight is 487 g/mol. The Labute approximate surface area is 192 Å². The topological polar surface area (TPSA) is 126 Å². The molecule has 0 fully saturated rings. The second-order valence-corrected chi connectivity index (χ2v) is 10.2. The number of aromatic nitrogens is 3. The second kappa shape index (κ2) is 9.02. The highest BCUT2D eigenvalue weighted by atomic mass is 32.2. The predicted octanol–water partition coefficient (Wildman–Crippen LogP) is 4.47. The van der Waals surface area contributed by atoms with Crippen LogP contribution in [0.3, 0.4) is 0 Å². The Morgan fingerprint density at radius 1 is 1.03 bits per heavy atom. The van der Waals surface area contributed by atoms with Gasteiger partial charge in [0.05, 0.1) is 21.2 Å². The smallest absolute Gasteiger partial charge is 0.263 e. The molecule has 0 spiro atoms. The summed E-state index contributed by atoms with van der Waals surface area (Å²) < 4.78 is 27.5. The van der Waals surface area contributed by atoms with Crippen LogP contribution in [0.2, 0.25) is 0 Å². The van der Waals surface area contributed by atoms with Crippen LogP contribution in [0.5, 0.6) is 0 Å². The van der Waals surface area contributed by atoms with Gasteiger partial charge in [0.15, 0.2) is 10.3 Å². The third-order valence-corrected chi connectivity index (χ3v) is 7.36. The minimum atomic E-state index is -3.73. The van der Waals surface area contributed by atoms with Crippen molar-refractivity contribution in [2.75, 3.05) is 15.4 Å². The first kappa shape index (κ1) is 21.9. The molecule has 0 saturated carbocycles. The molecule has 0 radical (unpaired) electrons. The molecule has 0 aliphatic rings. The minimum absolute atomic E-state index is 0.124. The molecule has 0 bridgehead atoms. The molecule has 3 N–H and O–H groups in total. The molecule has 3 heterocycles. The first-order chi connectivity index (χ1) is 15.3. The molecule has 3 aromatic heterocycles. The summed E-state index contributed by atoms with van der Waals surface area (Å²) in [6.45, 7) is 3.30. The van der Waals surface area contributed by atoms with E-state index >= 15 is 0 Å². The zero-order valence-electron chi connectivity index (χ0n) is 17.0. The Morgan fingerprint density at radius 3 is 2.50 bits per heavy atom. The lowest BCUT2D eigenvalue weighted by molar-refractivity contribution is -0.114. The van der Waals surface area contributed by atoms with E-state index < -0.39 is 10.0 Å². The second-order valence-electron chi connectivity index (χ2n) is 6.62. The first-order valence-electron chi connectivity index (χ1n) is 9.32. The van der Waals surface area contributed by atoms with Gasteiger partial charge in [0.25, 0.3) is 10.0 Å². The maximum Gasteiger partial charge on any atom is 0.263 e. The lowest BCUT2D eigenvalue weighted by atomic mass is 10.3. The Hall–Kier alpha value is -3.35. The highest BCUT2D eigenvalue weighted by Gasteiger charge is 2.16. The van der Waals surface area contributed by atoms with Crippen molar-refractivity contribution < 1.29 is 13.2 Å². The fourth-order valence-corrected chi connectivity index (χ4v) is 5.51. The summed E-state index contributed by atoms with van der Waals surface area (Å²) in [6, 6.07) is 11.3. The molecule has 4 rings (SSSR count). The minimum Gasteiger partial charge on any atom is -0.332 e. The van der Waals surface area contributed by atoms with Crippen LogP contribution in [0.25, 0.3) is 10.6 Å². The van der Waals surface area contributed by atoms with Crippen LogP contribution in [-0.4, -0.2) is 29.3 Å². The van der Waals surface area contributed by atoms with Gasteiger partial charge in [0.2, 0.25) is 5.91 Å². The van der Waals surface area contributed by atoms with E-state index in [1.54, 1.807) is 30.3 Å². The zero-order valence-corrected chi connectivity index (χ0v) is 19.4. The number of sulfonamides is 1. The molecular formula is C20H18N6O3S3. The van der Waals surface area contributed by atoms with Gasteiger partial charge in [-0.05, 0) is 43.3 Å². The monoisotopic (exact) mass is 486 g/mol. The lowest BCUT2D eigenvalue weighted by Crippen LogP contribution is -2.13. The van der Waals surface area contributed by atoms with Crippen molar-refractivity contribution in [3.05, 3.63) is 59.7 Å². The van der Waals surface area contributed by atoms with Crippen molar-refractivity contribution in [2.45, 2.75) is 18.7 Å².